The molecule has 3 aliphatic rings. The molecule has 27 heavy (non-hydrogen) atoms. The smallest absolute Gasteiger partial charge is 0.231 e. The van der Waals surface area contributed by atoms with Crippen LogP contribution in [-0.2, 0) is 4.79 Å². The number of Topliss-reactive ketones (excluding diaryl/α,β-unsaturated/α-hetero) is 1. The molecule has 0 aromatic heterocycles. The van der Waals surface area contributed by atoms with Crippen LogP contribution in [0.5, 0.6) is 11.5 Å². The molecule has 4 rings (SSSR count). The van der Waals surface area contributed by atoms with Gasteiger partial charge in [0.15, 0.2) is 17.3 Å². The predicted molar refractivity (Wildman–Crippen MR) is 110 cm³/mol. The first kappa shape index (κ1) is 20.0. The molecule has 1 unspecified atom stereocenters. The summed E-state index contributed by atoms with van der Waals surface area (Å²) in [7, 11) is 4.17. The average Bonchev–Trinajstić information content (AvgIpc) is 3.35. The van der Waals surface area contributed by atoms with Crippen molar-refractivity contribution in [1.29, 1.82) is 0 Å². The van der Waals surface area contributed by atoms with Crippen molar-refractivity contribution >= 4 is 24.3 Å². The SMILES string of the molecule is CN(C)CCC1(C2=CCCC2)CCC(=Cc2ccc3c(c2)OCO3)C1=O.Cl. The van der Waals surface area contributed by atoms with Crippen LogP contribution in [0.1, 0.15) is 44.1 Å². The van der Waals surface area contributed by atoms with E-state index in [4.69, 9.17) is 9.47 Å². The maximum absolute atomic E-state index is 13.5. The van der Waals surface area contributed by atoms with Crippen molar-refractivity contribution in [2.24, 2.45) is 5.41 Å². The fourth-order valence-electron chi connectivity index (χ4n) is 4.45. The molecule has 0 spiro atoms. The Bertz CT molecular complexity index is 784. The van der Waals surface area contributed by atoms with E-state index in [1.54, 1.807) is 0 Å². The minimum atomic E-state index is -0.275. The fraction of sp³-hybridized carbons (Fsp3) is 0.500. The third-order valence-electron chi connectivity index (χ3n) is 5.93. The minimum absolute atomic E-state index is 0. The Morgan fingerprint density at radius 3 is 2.74 bits per heavy atom. The quantitative estimate of drug-likeness (QED) is 0.543. The van der Waals surface area contributed by atoms with Gasteiger partial charge < -0.3 is 14.4 Å². The van der Waals surface area contributed by atoms with E-state index in [9.17, 15) is 4.79 Å². The Morgan fingerprint density at radius 1 is 1.19 bits per heavy atom. The van der Waals surface area contributed by atoms with Gasteiger partial charge in [-0.05, 0) is 88.5 Å². The average molecular weight is 390 g/mol. The zero-order valence-corrected chi connectivity index (χ0v) is 16.9. The van der Waals surface area contributed by atoms with Gasteiger partial charge in [-0.3, -0.25) is 4.79 Å². The number of nitrogens with zero attached hydrogens (tertiary/aromatic N) is 1. The third-order valence-corrected chi connectivity index (χ3v) is 5.93. The zero-order chi connectivity index (χ0) is 18.1. The first-order chi connectivity index (χ1) is 12.6. The number of halogens is 1. The van der Waals surface area contributed by atoms with Gasteiger partial charge in [0.2, 0.25) is 6.79 Å². The third kappa shape index (κ3) is 3.78. The first-order valence-corrected chi connectivity index (χ1v) is 9.58. The van der Waals surface area contributed by atoms with E-state index in [0.29, 0.717) is 5.78 Å². The Balaban J connectivity index is 0.00000210. The molecule has 4 nitrogen and oxygen atoms in total. The molecule has 2 aliphatic carbocycles. The molecule has 1 aromatic carbocycles. The lowest BCUT2D eigenvalue weighted by atomic mass is 9.74. The van der Waals surface area contributed by atoms with Crippen LogP contribution in [0.2, 0.25) is 0 Å². The minimum Gasteiger partial charge on any atom is -0.454 e. The number of rotatable bonds is 5. The lowest BCUT2D eigenvalue weighted by Gasteiger charge is -2.30. The summed E-state index contributed by atoms with van der Waals surface area (Å²) in [5.41, 5.74) is 3.08. The van der Waals surface area contributed by atoms with Crippen molar-refractivity contribution in [1.82, 2.24) is 4.90 Å². The molecule has 0 saturated heterocycles. The lowest BCUT2D eigenvalue weighted by Crippen LogP contribution is -2.32. The first-order valence-electron chi connectivity index (χ1n) is 9.58. The van der Waals surface area contributed by atoms with Gasteiger partial charge >= 0.3 is 0 Å². The molecule has 5 heteroatoms. The predicted octanol–water partition coefficient (Wildman–Crippen LogP) is 4.63. The second-order valence-corrected chi connectivity index (χ2v) is 7.87. The Hall–Kier alpha value is -1.78. The summed E-state index contributed by atoms with van der Waals surface area (Å²) >= 11 is 0. The van der Waals surface area contributed by atoms with Crippen molar-refractivity contribution in [3.63, 3.8) is 0 Å². The summed E-state index contributed by atoms with van der Waals surface area (Å²) < 4.78 is 10.8. The summed E-state index contributed by atoms with van der Waals surface area (Å²) in [6, 6.07) is 5.90. The molecule has 1 aliphatic heterocycles. The Morgan fingerprint density at radius 2 is 2.00 bits per heavy atom. The topological polar surface area (TPSA) is 38.8 Å². The van der Waals surface area contributed by atoms with E-state index >= 15 is 0 Å². The molecule has 1 aromatic rings. The van der Waals surface area contributed by atoms with Crippen LogP contribution in [-0.4, -0.2) is 38.1 Å². The number of allylic oxidation sites excluding steroid dienone is 3. The molecule has 0 bridgehead atoms. The summed E-state index contributed by atoms with van der Waals surface area (Å²) in [6.07, 6.45) is 10.5. The highest BCUT2D eigenvalue weighted by Crippen LogP contribution is 2.50. The van der Waals surface area contributed by atoms with Crippen LogP contribution in [0.15, 0.2) is 35.4 Å². The monoisotopic (exact) mass is 389 g/mol. The van der Waals surface area contributed by atoms with E-state index in [-0.39, 0.29) is 24.6 Å². The van der Waals surface area contributed by atoms with Crippen LogP contribution in [0.25, 0.3) is 6.08 Å². The molecule has 146 valence electrons. The zero-order valence-electron chi connectivity index (χ0n) is 16.1. The van der Waals surface area contributed by atoms with Gasteiger partial charge in [-0.15, -0.1) is 12.4 Å². The molecule has 0 amide bonds. The van der Waals surface area contributed by atoms with E-state index < -0.39 is 0 Å². The second-order valence-electron chi connectivity index (χ2n) is 7.87. The van der Waals surface area contributed by atoms with Gasteiger partial charge in [0.1, 0.15) is 0 Å². The molecule has 1 saturated carbocycles. The van der Waals surface area contributed by atoms with Gasteiger partial charge in [-0.25, -0.2) is 0 Å². The summed E-state index contributed by atoms with van der Waals surface area (Å²) in [5, 5.41) is 0. The maximum atomic E-state index is 13.5. The van der Waals surface area contributed by atoms with Gasteiger partial charge in [-0.1, -0.05) is 17.7 Å². The summed E-state index contributed by atoms with van der Waals surface area (Å²) in [6.45, 7) is 1.22. The van der Waals surface area contributed by atoms with Crippen LogP contribution in [0.4, 0.5) is 0 Å². The van der Waals surface area contributed by atoms with E-state index in [2.05, 4.69) is 31.1 Å². The molecule has 1 atom stereocenters. The van der Waals surface area contributed by atoms with Crippen LogP contribution in [0.3, 0.4) is 0 Å². The number of hydrogen-bond donors (Lipinski definition) is 0. The van der Waals surface area contributed by atoms with Crippen LogP contribution in [0, 0.1) is 5.41 Å². The highest BCUT2D eigenvalue weighted by Gasteiger charge is 2.47. The normalized spacial score (nSPS) is 25.2. The van der Waals surface area contributed by atoms with Crippen molar-refractivity contribution in [2.75, 3.05) is 27.4 Å². The molecule has 1 fully saturated rings. The highest BCUT2D eigenvalue weighted by atomic mass is 35.5. The molecule has 1 heterocycles. The van der Waals surface area contributed by atoms with Crippen molar-refractivity contribution in [2.45, 2.75) is 38.5 Å². The van der Waals surface area contributed by atoms with Crippen LogP contribution < -0.4 is 9.47 Å². The number of ketones is 1. The van der Waals surface area contributed by atoms with Gasteiger partial charge in [0.05, 0.1) is 5.41 Å². The number of hydrogen-bond acceptors (Lipinski definition) is 4. The van der Waals surface area contributed by atoms with E-state index in [1.807, 2.05) is 18.2 Å². The molecular weight excluding hydrogens is 362 g/mol. The molecule has 0 radical (unpaired) electrons. The van der Waals surface area contributed by atoms with Gasteiger partial charge in [0, 0.05) is 0 Å². The van der Waals surface area contributed by atoms with Gasteiger partial charge in [0.25, 0.3) is 0 Å². The fourth-order valence-corrected chi connectivity index (χ4v) is 4.45. The summed E-state index contributed by atoms with van der Waals surface area (Å²) in [4.78, 5) is 15.7. The Labute approximate surface area is 167 Å². The Kier molecular flexibility index (Phi) is 5.97. The number of fused-ring (bicyclic) bond motifs is 1. The number of ether oxygens (including phenoxy) is 2. The van der Waals surface area contributed by atoms with Crippen molar-refractivity contribution in [3.05, 3.63) is 41.0 Å². The standard InChI is InChI=1S/C22H27NO3.ClH/c1-23(2)12-11-22(18-5-3-4-6-18)10-9-17(21(22)24)13-16-7-8-19-20(14-16)26-15-25-19;/h5,7-8,13-14H,3-4,6,9-12,15H2,1-2H3;1H. The number of carbonyl (C=O) groups is 1. The molecular formula is C22H28ClNO3. The second kappa shape index (κ2) is 8.07. The maximum Gasteiger partial charge on any atom is 0.231 e. The van der Waals surface area contributed by atoms with Gasteiger partial charge in [-0.2, -0.15) is 0 Å². The summed E-state index contributed by atoms with van der Waals surface area (Å²) in [5.74, 6) is 1.88. The highest BCUT2D eigenvalue weighted by molar-refractivity contribution is 6.07. The van der Waals surface area contributed by atoms with Crippen molar-refractivity contribution < 1.29 is 14.3 Å². The van der Waals surface area contributed by atoms with Crippen LogP contribution >= 0.6 is 12.4 Å². The number of benzene rings is 1. The van der Waals surface area contributed by atoms with E-state index in [1.165, 1.54) is 12.0 Å². The molecule has 0 N–H and O–H groups in total. The number of carbonyl (C=O) groups excluding carboxylic acids is 1. The largest absolute Gasteiger partial charge is 0.454 e. The van der Waals surface area contributed by atoms with Crippen molar-refractivity contribution in [3.8, 4) is 11.5 Å². The van der Waals surface area contributed by atoms with E-state index in [0.717, 1.165) is 61.3 Å². The lowest BCUT2D eigenvalue weighted by molar-refractivity contribution is -0.121.